The Morgan fingerprint density at radius 1 is 1.40 bits per heavy atom. The fourth-order valence-electron chi connectivity index (χ4n) is 1.42. The van der Waals surface area contributed by atoms with Gasteiger partial charge in [-0.15, -0.1) is 0 Å². The molecule has 8 nitrogen and oxygen atoms in total. The van der Waals surface area contributed by atoms with E-state index in [2.05, 4.69) is 36.0 Å². The summed E-state index contributed by atoms with van der Waals surface area (Å²) in [5.41, 5.74) is 5.56. The van der Waals surface area contributed by atoms with Crippen molar-refractivity contribution in [3.8, 4) is 0 Å². The molecule has 0 fully saturated rings. The first kappa shape index (κ1) is 14.3. The fourth-order valence-corrected chi connectivity index (χ4v) is 2.72. The third-order valence-corrected chi connectivity index (χ3v) is 4.28. The lowest BCUT2D eigenvalue weighted by Gasteiger charge is -2.07. The SMILES string of the molecule is NC(=NO)c1cn[nH]c1NS(=O)(=O)c1ccc(Br)cc1. The number of aromatic nitrogens is 2. The Morgan fingerprint density at radius 3 is 2.65 bits per heavy atom. The summed E-state index contributed by atoms with van der Waals surface area (Å²) in [6.45, 7) is 0. The van der Waals surface area contributed by atoms with Crippen LogP contribution >= 0.6 is 15.9 Å². The number of halogens is 1. The molecule has 0 aliphatic carbocycles. The molecule has 0 radical (unpaired) electrons. The average molecular weight is 360 g/mol. The molecule has 0 aliphatic heterocycles. The molecule has 0 bridgehead atoms. The highest BCUT2D eigenvalue weighted by Gasteiger charge is 2.18. The Bertz CT molecular complexity index is 739. The predicted octanol–water partition coefficient (Wildman–Crippen LogP) is 1.07. The third kappa shape index (κ3) is 2.91. The predicted molar refractivity (Wildman–Crippen MR) is 76.0 cm³/mol. The summed E-state index contributed by atoms with van der Waals surface area (Å²) in [5.74, 6) is -0.240. The largest absolute Gasteiger partial charge is 0.409 e. The zero-order valence-corrected chi connectivity index (χ0v) is 12.3. The molecule has 0 amide bonds. The standard InChI is InChI=1S/C10H10BrN5O3S/c11-6-1-3-7(4-2-6)20(18,19)16-10-8(5-13-14-10)9(12)15-17/h1-5,17H,(H2,12,15)(H2,13,14,16). The van der Waals surface area contributed by atoms with Crippen molar-refractivity contribution in [3.05, 3.63) is 40.5 Å². The number of oxime groups is 1. The minimum atomic E-state index is -3.80. The van der Waals surface area contributed by atoms with Crippen molar-refractivity contribution >= 4 is 37.6 Å². The van der Waals surface area contributed by atoms with Crippen LogP contribution in [0.5, 0.6) is 0 Å². The van der Waals surface area contributed by atoms with Crippen molar-refractivity contribution in [2.24, 2.45) is 10.9 Å². The summed E-state index contributed by atoms with van der Waals surface area (Å²) in [6.07, 6.45) is 1.24. The summed E-state index contributed by atoms with van der Waals surface area (Å²) < 4.78 is 27.4. The van der Waals surface area contributed by atoms with Crippen LogP contribution in [0.2, 0.25) is 0 Å². The van der Waals surface area contributed by atoms with Crippen LogP contribution in [0, 0.1) is 0 Å². The van der Waals surface area contributed by atoms with Gasteiger partial charge < -0.3 is 10.9 Å². The Labute approximate surface area is 122 Å². The molecule has 5 N–H and O–H groups in total. The van der Waals surface area contributed by atoms with E-state index < -0.39 is 10.0 Å². The van der Waals surface area contributed by atoms with E-state index in [9.17, 15) is 8.42 Å². The number of amidine groups is 1. The summed E-state index contributed by atoms with van der Waals surface area (Å²) >= 11 is 3.22. The van der Waals surface area contributed by atoms with E-state index in [-0.39, 0.29) is 22.1 Å². The van der Waals surface area contributed by atoms with Gasteiger partial charge in [-0.25, -0.2) is 8.42 Å². The van der Waals surface area contributed by atoms with E-state index in [1.54, 1.807) is 12.1 Å². The van der Waals surface area contributed by atoms with Crippen molar-refractivity contribution in [2.75, 3.05) is 4.72 Å². The molecule has 1 aromatic heterocycles. The Hall–Kier alpha value is -2.07. The molecule has 0 unspecified atom stereocenters. The molecule has 0 saturated heterocycles. The first-order valence-corrected chi connectivity index (χ1v) is 7.51. The maximum absolute atomic E-state index is 12.2. The van der Waals surface area contributed by atoms with E-state index in [4.69, 9.17) is 10.9 Å². The molecule has 2 rings (SSSR count). The second-order valence-corrected chi connectivity index (χ2v) is 6.30. The van der Waals surface area contributed by atoms with Gasteiger partial charge >= 0.3 is 0 Å². The van der Waals surface area contributed by atoms with Crippen molar-refractivity contribution in [1.29, 1.82) is 0 Å². The number of rotatable bonds is 4. The quantitative estimate of drug-likeness (QED) is 0.280. The number of H-pyrrole nitrogens is 1. The highest BCUT2D eigenvalue weighted by Crippen LogP contribution is 2.19. The Morgan fingerprint density at radius 2 is 2.05 bits per heavy atom. The number of nitrogens with zero attached hydrogens (tertiary/aromatic N) is 2. The van der Waals surface area contributed by atoms with E-state index >= 15 is 0 Å². The number of hydrogen-bond donors (Lipinski definition) is 4. The molecular formula is C10H10BrN5O3S. The minimum Gasteiger partial charge on any atom is -0.409 e. The van der Waals surface area contributed by atoms with E-state index in [1.807, 2.05) is 0 Å². The molecule has 1 heterocycles. The number of benzene rings is 1. The van der Waals surface area contributed by atoms with Gasteiger partial charge in [-0.2, -0.15) is 5.10 Å². The van der Waals surface area contributed by atoms with Crippen LogP contribution in [0.3, 0.4) is 0 Å². The highest BCUT2D eigenvalue weighted by atomic mass is 79.9. The molecule has 2 aromatic rings. The zero-order chi connectivity index (χ0) is 14.8. The van der Waals surface area contributed by atoms with Gasteiger partial charge in [0.2, 0.25) is 0 Å². The lowest BCUT2D eigenvalue weighted by Crippen LogP contribution is -2.18. The summed E-state index contributed by atoms with van der Waals surface area (Å²) in [7, 11) is -3.80. The second-order valence-electron chi connectivity index (χ2n) is 3.70. The van der Waals surface area contributed by atoms with Gasteiger partial charge in [0, 0.05) is 4.47 Å². The zero-order valence-electron chi connectivity index (χ0n) is 9.91. The van der Waals surface area contributed by atoms with Crippen LogP contribution in [0.15, 0.2) is 45.0 Å². The maximum Gasteiger partial charge on any atom is 0.263 e. The van der Waals surface area contributed by atoms with E-state index in [1.165, 1.54) is 18.3 Å². The summed E-state index contributed by atoms with van der Waals surface area (Å²) in [4.78, 5) is 0.0701. The van der Waals surface area contributed by atoms with Crippen LogP contribution in [-0.2, 0) is 10.0 Å². The molecule has 0 saturated carbocycles. The molecule has 1 aromatic carbocycles. The average Bonchev–Trinajstić information content (AvgIpc) is 2.85. The molecule has 10 heteroatoms. The molecule has 0 atom stereocenters. The summed E-state index contributed by atoms with van der Waals surface area (Å²) in [5, 5.41) is 17.5. The lowest BCUT2D eigenvalue weighted by molar-refractivity contribution is 0.318. The lowest BCUT2D eigenvalue weighted by atomic mass is 10.3. The van der Waals surface area contributed by atoms with Crippen LogP contribution in [0.4, 0.5) is 5.82 Å². The van der Waals surface area contributed by atoms with Gasteiger partial charge in [0.05, 0.1) is 16.7 Å². The highest BCUT2D eigenvalue weighted by molar-refractivity contribution is 9.10. The topological polar surface area (TPSA) is 133 Å². The number of nitrogens with one attached hydrogen (secondary N) is 2. The number of hydrogen-bond acceptors (Lipinski definition) is 5. The smallest absolute Gasteiger partial charge is 0.263 e. The molecular weight excluding hydrogens is 350 g/mol. The number of sulfonamides is 1. The van der Waals surface area contributed by atoms with Gasteiger partial charge in [0.15, 0.2) is 5.84 Å². The first-order valence-electron chi connectivity index (χ1n) is 5.23. The first-order chi connectivity index (χ1) is 9.44. The number of aromatic amines is 1. The van der Waals surface area contributed by atoms with Crippen LogP contribution in [0.25, 0.3) is 0 Å². The van der Waals surface area contributed by atoms with Crippen molar-refractivity contribution < 1.29 is 13.6 Å². The maximum atomic E-state index is 12.2. The van der Waals surface area contributed by atoms with Crippen molar-refractivity contribution in [2.45, 2.75) is 4.90 Å². The van der Waals surface area contributed by atoms with Crippen LogP contribution < -0.4 is 10.5 Å². The van der Waals surface area contributed by atoms with E-state index in [0.29, 0.717) is 0 Å². The third-order valence-electron chi connectivity index (χ3n) is 2.38. The molecule has 20 heavy (non-hydrogen) atoms. The monoisotopic (exact) mass is 359 g/mol. The normalized spacial score (nSPS) is 12.3. The van der Waals surface area contributed by atoms with Crippen LogP contribution in [-0.4, -0.2) is 29.7 Å². The fraction of sp³-hybridized carbons (Fsp3) is 0. The number of anilines is 1. The Kier molecular flexibility index (Phi) is 3.95. The van der Waals surface area contributed by atoms with Crippen molar-refractivity contribution in [1.82, 2.24) is 10.2 Å². The van der Waals surface area contributed by atoms with E-state index in [0.717, 1.165) is 4.47 Å². The molecule has 0 spiro atoms. The van der Waals surface area contributed by atoms with Gasteiger partial charge in [-0.05, 0) is 24.3 Å². The molecule has 106 valence electrons. The number of nitrogens with two attached hydrogens (primary N) is 1. The van der Waals surface area contributed by atoms with Gasteiger partial charge in [-0.3, -0.25) is 9.82 Å². The van der Waals surface area contributed by atoms with Crippen LogP contribution in [0.1, 0.15) is 5.56 Å². The Balaban J connectivity index is 2.34. The summed E-state index contributed by atoms with van der Waals surface area (Å²) in [6, 6.07) is 6.08. The van der Waals surface area contributed by atoms with Crippen molar-refractivity contribution in [3.63, 3.8) is 0 Å². The molecule has 0 aliphatic rings. The minimum absolute atomic E-state index is 0.0169. The van der Waals surface area contributed by atoms with Gasteiger partial charge in [0.25, 0.3) is 10.0 Å². The second kappa shape index (κ2) is 5.51. The van der Waals surface area contributed by atoms with Gasteiger partial charge in [-0.1, -0.05) is 21.1 Å². The van der Waals surface area contributed by atoms with Gasteiger partial charge in [0.1, 0.15) is 5.82 Å².